The zero-order valence-corrected chi connectivity index (χ0v) is 10.5. The maximum Gasteiger partial charge on any atom is 0.240 e. The Kier molecular flexibility index (Phi) is 4.57. The van der Waals surface area contributed by atoms with Gasteiger partial charge in [-0.1, -0.05) is 13.8 Å². The smallest absolute Gasteiger partial charge is 0.211 e. The molecule has 0 saturated heterocycles. The van der Waals surface area contributed by atoms with Gasteiger partial charge >= 0.3 is 0 Å². The van der Waals surface area contributed by atoms with E-state index >= 15 is 0 Å². The number of benzene rings is 1. The van der Waals surface area contributed by atoms with Crippen molar-refractivity contribution in [3.63, 3.8) is 0 Å². The lowest BCUT2D eigenvalue weighted by Gasteiger charge is -2.08. The molecule has 0 amide bonds. The number of isocyanates is 1. The lowest BCUT2D eigenvalue weighted by atomic mass is 10.2. The van der Waals surface area contributed by atoms with Gasteiger partial charge in [-0.05, 0) is 30.2 Å². The summed E-state index contributed by atoms with van der Waals surface area (Å²) in [5, 5.41) is 0. The van der Waals surface area contributed by atoms with Crippen molar-refractivity contribution in [3.8, 4) is 0 Å². The van der Waals surface area contributed by atoms with Crippen LogP contribution in [0, 0.1) is 5.92 Å². The molecule has 0 spiro atoms. The highest BCUT2D eigenvalue weighted by molar-refractivity contribution is 7.89. The normalized spacial score (nSPS) is 11.2. The second-order valence-corrected chi connectivity index (χ2v) is 5.71. The van der Waals surface area contributed by atoms with Gasteiger partial charge in [0.05, 0.1) is 10.6 Å². The predicted molar refractivity (Wildman–Crippen MR) is 64.3 cm³/mol. The maximum atomic E-state index is 11.8. The van der Waals surface area contributed by atoms with Crippen molar-refractivity contribution < 1.29 is 13.2 Å². The summed E-state index contributed by atoms with van der Waals surface area (Å²) in [7, 11) is -3.48. The van der Waals surface area contributed by atoms with Crippen LogP contribution in [-0.4, -0.2) is 21.0 Å². The quantitative estimate of drug-likeness (QED) is 0.640. The molecule has 92 valence electrons. The van der Waals surface area contributed by atoms with E-state index in [0.717, 1.165) is 0 Å². The summed E-state index contributed by atoms with van der Waals surface area (Å²) < 4.78 is 26.1. The van der Waals surface area contributed by atoms with Crippen molar-refractivity contribution in [3.05, 3.63) is 24.3 Å². The van der Waals surface area contributed by atoms with Crippen molar-refractivity contribution in [1.82, 2.24) is 4.72 Å². The number of rotatable bonds is 5. The van der Waals surface area contributed by atoms with Gasteiger partial charge in [-0.2, -0.15) is 4.99 Å². The SMILES string of the molecule is CC(C)CNS(=O)(=O)c1ccc(N=C=O)cc1. The molecular weight excluding hydrogens is 240 g/mol. The third kappa shape index (κ3) is 4.11. The van der Waals surface area contributed by atoms with E-state index in [-0.39, 0.29) is 10.8 Å². The zero-order valence-electron chi connectivity index (χ0n) is 9.67. The Morgan fingerprint density at radius 1 is 1.29 bits per heavy atom. The Labute approximate surface area is 101 Å². The number of nitrogens with one attached hydrogen (secondary N) is 1. The van der Waals surface area contributed by atoms with E-state index in [1.807, 2.05) is 13.8 Å². The van der Waals surface area contributed by atoms with Gasteiger partial charge in [-0.15, -0.1) is 0 Å². The van der Waals surface area contributed by atoms with Gasteiger partial charge in [0, 0.05) is 6.54 Å². The second-order valence-electron chi connectivity index (χ2n) is 3.94. The zero-order chi connectivity index (χ0) is 12.9. The summed E-state index contributed by atoms with van der Waals surface area (Å²) in [4.78, 5) is 13.6. The summed E-state index contributed by atoms with van der Waals surface area (Å²) in [5.74, 6) is 0.240. The first-order chi connectivity index (χ1) is 7.95. The molecule has 0 atom stereocenters. The number of hydrogen-bond donors (Lipinski definition) is 1. The third-order valence-corrected chi connectivity index (χ3v) is 3.44. The largest absolute Gasteiger partial charge is 0.240 e. The van der Waals surface area contributed by atoms with E-state index in [1.165, 1.54) is 30.3 Å². The molecule has 1 aromatic rings. The molecule has 1 rings (SSSR count). The average molecular weight is 254 g/mol. The predicted octanol–water partition coefficient (Wildman–Crippen LogP) is 1.59. The number of aliphatic imine (C=N–C) groups is 1. The molecule has 0 aliphatic rings. The average Bonchev–Trinajstić information content (AvgIpc) is 2.28. The van der Waals surface area contributed by atoms with Crippen LogP contribution < -0.4 is 4.72 Å². The van der Waals surface area contributed by atoms with Gasteiger partial charge in [0.25, 0.3) is 0 Å². The molecule has 0 aromatic heterocycles. The molecule has 5 nitrogen and oxygen atoms in total. The Hall–Kier alpha value is -1.49. The molecule has 17 heavy (non-hydrogen) atoms. The van der Waals surface area contributed by atoms with Crippen molar-refractivity contribution in [2.24, 2.45) is 10.9 Å². The van der Waals surface area contributed by atoms with Gasteiger partial charge in [-0.3, -0.25) is 0 Å². The molecule has 0 aliphatic carbocycles. The maximum absolute atomic E-state index is 11.8. The van der Waals surface area contributed by atoms with E-state index < -0.39 is 10.0 Å². The highest BCUT2D eigenvalue weighted by Crippen LogP contribution is 2.15. The third-order valence-electron chi connectivity index (χ3n) is 2.00. The van der Waals surface area contributed by atoms with Gasteiger partial charge in [0.15, 0.2) is 0 Å². The Morgan fingerprint density at radius 2 is 1.88 bits per heavy atom. The number of hydrogen-bond acceptors (Lipinski definition) is 4. The summed E-state index contributed by atoms with van der Waals surface area (Å²) in [5.41, 5.74) is 0.378. The molecule has 0 aliphatic heterocycles. The summed E-state index contributed by atoms with van der Waals surface area (Å²) >= 11 is 0. The molecular formula is C11H14N2O3S. The first-order valence-electron chi connectivity index (χ1n) is 5.13. The van der Waals surface area contributed by atoms with E-state index in [4.69, 9.17) is 0 Å². The first kappa shape index (κ1) is 13.6. The highest BCUT2D eigenvalue weighted by Gasteiger charge is 2.13. The van der Waals surface area contributed by atoms with Crippen molar-refractivity contribution >= 4 is 21.8 Å². The van der Waals surface area contributed by atoms with Crippen LogP contribution in [0.15, 0.2) is 34.2 Å². The Bertz CT molecular complexity index is 514. The molecule has 0 unspecified atom stereocenters. The van der Waals surface area contributed by atoms with E-state index in [2.05, 4.69) is 9.71 Å². The van der Waals surface area contributed by atoms with Gasteiger partial charge in [0.2, 0.25) is 16.1 Å². The summed E-state index contributed by atoms with van der Waals surface area (Å²) in [6.07, 6.45) is 1.39. The molecule has 0 heterocycles. The molecule has 0 fully saturated rings. The van der Waals surface area contributed by atoms with Crippen LogP contribution in [0.25, 0.3) is 0 Å². The van der Waals surface area contributed by atoms with Crippen LogP contribution in [0.2, 0.25) is 0 Å². The van der Waals surface area contributed by atoms with Crippen LogP contribution in [0.1, 0.15) is 13.8 Å². The second kappa shape index (κ2) is 5.72. The molecule has 0 bridgehead atoms. The lowest BCUT2D eigenvalue weighted by Crippen LogP contribution is -2.27. The minimum Gasteiger partial charge on any atom is -0.211 e. The van der Waals surface area contributed by atoms with Crippen LogP contribution in [0.5, 0.6) is 0 Å². The van der Waals surface area contributed by atoms with Gasteiger partial charge in [-0.25, -0.2) is 17.9 Å². The topological polar surface area (TPSA) is 75.6 Å². The highest BCUT2D eigenvalue weighted by atomic mass is 32.2. The monoisotopic (exact) mass is 254 g/mol. The number of carbonyl (C=O) groups excluding carboxylic acids is 1. The van der Waals surface area contributed by atoms with E-state index in [0.29, 0.717) is 12.2 Å². The van der Waals surface area contributed by atoms with Crippen LogP contribution >= 0.6 is 0 Å². The van der Waals surface area contributed by atoms with Crippen molar-refractivity contribution in [1.29, 1.82) is 0 Å². The fraction of sp³-hybridized carbons (Fsp3) is 0.364. The fourth-order valence-electron chi connectivity index (χ4n) is 1.11. The standard InChI is InChI=1S/C11H14N2O3S/c1-9(2)7-13-17(15,16)11-5-3-10(4-6-11)12-8-14/h3-6,9,13H,7H2,1-2H3. The van der Waals surface area contributed by atoms with Crippen LogP contribution in [-0.2, 0) is 14.8 Å². The minimum atomic E-state index is -3.48. The van der Waals surface area contributed by atoms with Crippen LogP contribution in [0.4, 0.5) is 5.69 Å². The summed E-state index contributed by atoms with van der Waals surface area (Å²) in [6.45, 7) is 4.23. The molecule has 1 N–H and O–H groups in total. The minimum absolute atomic E-state index is 0.156. The number of nitrogens with zero attached hydrogens (tertiary/aromatic N) is 1. The van der Waals surface area contributed by atoms with Gasteiger partial charge < -0.3 is 0 Å². The van der Waals surface area contributed by atoms with Crippen molar-refractivity contribution in [2.45, 2.75) is 18.7 Å². The Balaban J connectivity index is 2.88. The van der Waals surface area contributed by atoms with E-state index in [1.54, 1.807) is 0 Å². The number of sulfonamides is 1. The summed E-state index contributed by atoms with van der Waals surface area (Å²) in [6, 6.07) is 5.71. The molecule has 0 saturated carbocycles. The lowest BCUT2D eigenvalue weighted by molar-refractivity contribution is 0.560. The molecule has 1 aromatic carbocycles. The van der Waals surface area contributed by atoms with Gasteiger partial charge in [0.1, 0.15) is 0 Å². The van der Waals surface area contributed by atoms with Crippen molar-refractivity contribution in [2.75, 3.05) is 6.54 Å². The molecule has 0 radical (unpaired) electrons. The Morgan fingerprint density at radius 3 is 2.35 bits per heavy atom. The van der Waals surface area contributed by atoms with Crippen LogP contribution in [0.3, 0.4) is 0 Å². The first-order valence-corrected chi connectivity index (χ1v) is 6.61. The molecule has 6 heteroatoms. The van der Waals surface area contributed by atoms with E-state index in [9.17, 15) is 13.2 Å². The fourth-order valence-corrected chi connectivity index (χ4v) is 2.33.